The molecule has 1 saturated carbocycles. The van der Waals surface area contributed by atoms with Crippen molar-refractivity contribution < 1.29 is 0 Å². The van der Waals surface area contributed by atoms with E-state index in [9.17, 15) is 0 Å². The molecule has 1 aliphatic carbocycles. The van der Waals surface area contributed by atoms with Crippen molar-refractivity contribution in [1.82, 2.24) is 14.7 Å². The second-order valence-corrected chi connectivity index (χ2v) is 5.93. The van der Waals surface area contributed by atoms with E-state index in [2.05, 4.69) is 36.8 Å². The van der Waals surface area contributed by atoms with Gasteiger partial charge in [0.25, 0.3) is 0 Å². The molecule has 1 aliphatic heterocycles. The van der Waals surface area contributed by atoms with Crippen LogP contribution in [0, 0.1) is 0 Å². The van der Waals surface area contributed by atoms with Crippen LogP contribution in [-0.2, 0) is 0 Å². The molecular weight excluding hydrogens is 266 g/mol. The highest BCUT2D eigenvalue weighted by atomic mass is 79.9. The first kappa shape index (κ1) is 10.8. The third-order valence-electron chi connectivity index (χ3n) is 3.98. The predicted molar refractivity (Wildman–Crippen MR) is 67.4 cm³/mol. The zero-order valence-corrected chi connectivity index (χ0v) is 11.1. The van der Waals surface area contributed by atoms with E-state index in [0.29, 0.717) is 6.04 Å². The van der Waals surface area contributed by atoms with Gasteiger partial charge in [0, 0.05) is 25.3 Å². The second kappa shape index (κ2) is 4.49. The Morgan fingerprint density at radius 3 is 2.69 bits per heavy atom. The van der Waals surface area contributed by atoms with Gasteiger partial charge in [0.2, 0.25) is 0 Å². The highest BCUT2D eigenvalue weighted by molar-refractivity contribution is 9.10. The zero-order chi connectivity index (χ0) is 11.0. The van der Waals surface area contributed by atoms with Crippen LogP contribution in [0.15, 0.2) is 16.9 Å². The van der Waals surface area contributed by atoms with Crippen LogP contribution >= 0.6 is 15.9 Å². The lowest BCUT2D eigenvalue weighted by molar-refractivity contribution is 0.235. The molecule has 16 heavy (non-hydrogen) atoms. The SMILES string of the molecule is Brc1cnn(C2CCN(C3CCCC3)C2)c1. The molecule has 1 aromatic heterocycles. The minimum atomic E-state index is 0.590. The maximum atomic E-state index is 4.40. The van der Waals surface area contributed by atoms with Gasteiger partial charge >= 0.3 is 0 Å². The molecule has 1 saturated heterocycles. The topological polar surface area (TPSA) is 21.1 Å². The first-order valence-electron chi connectivity index (χ1n) is 6.26. The summed E-state index contributed by atoms with van der Waals surface area (Å²) in [5, 5.41) is 4.40. The summed E-state index contributed by atoms with van der Waals surface area (Å²) in [7, 11) is 0. The molecule has 0 radical (unpaired) electrons. The molecule has 1 atom stereocenters. The average Bonchev–Trinajstić information content (AvgIpc) is 2.97. The molecule has 0 N–H and O–H groups in total. The van der Waals surface area contributed by atoms with Crippen LogP contribution in [0.2, 0.25) is 0 Å². The van der Waals surface area contributed by atoms with E-state index >= 15 is 0 Å². The van der Waals surface area contributed by atoms with Crippen LogP contribution in [0.3, 0.4) is 0 Å². The van der Waals surface area contributed by atoms with Crippen molar-refractivity contribution in [1.29, 1.82) is 0 Å². The van der Waals surface area contributed by atoms with Gasteiger partial charge in [-0.3, -0.25) is 9.58 Å². The number of rotatable bonds is 2. The number of hydrogen-bond donors (Lipinski definition) is 0. The van der Waals surface area contributed by atoms with E-state index in [1.54, 1.807) is 0 Å². The third kappa shape index (κ3) is 2.05. The van der Waals surface area contributed by atoms with Gasteiger partial charge in [-0.15, -0.1) is 0 Å². The number of nitrogens with zero attached hydrogens (tertiary/aromatic N) is 3. The van der Waals surface area contributed by atoms with Gasteiger partial charge in [0.05, 0.1) is 16.7 Å². The summed E-state index contributed by atoms with van der Waals surface area (Å²) >= 11 is 3.46. The van der Waals surface area contributed by atoms with Gasteiger partial charge in [-0.1, -0.05) is 12.8 Å². The average molecular weight is 284 g/mol. The van der Waals surface area contributed by atoms with Gasteiger partial charge in [0.15, 0.2) is 0 Å². The second-order valence-electron chi connectivity index (χ2n) is 5.01. The van der Waals surface area contributed by atoms with E-state index < -0.39 is 0 Å². The fourth-order valence-electron chi connectivity index (χ4n) is 3.10. The van der Waals surface area contributed by atoms with Crippen LogP contribution in [-0.4, -0.2) is 33.8 Å². The summed E-state index contributed by atoms with van der Waals surface area (Å²) in [5.41, 5.74) is 0. The predicted octanol–water partition coefficient (Wildman–Crippen LogP) is 2.84. The fourth-order valence-corrected chi connectivity index (χ4v) is 3.40. The highest BCUT2D eigenvalue weighted by Crippen LogP contribution is 2.30. The number of aromatic nitrogens is 2. The molecule has 0 bridgehead atoms. The zero-order valence-electron chi connectivity index (χ0n) is 9.48. The smallest absolute Gasteiger partial charge is 0.0658 e. The Bertz CT molecular complexity index is 357. The maximum absolute atomic E-state index is 4.40. The van der Waals surface area contributed by atoms with Crippen molar-refractivity contribution in [2.24, 2.45) is 0 Å². The molecule has 2 aliphatic rings. The fraction of sp³-hybridized carbons (Fsp3) is 0.750. The monoisotopic (exact) mass is 283 g/mol. The van der Waals surface area contributed by atoms with E-state index in [0.717, 1.165) is 10.5 Å². The Balaban J connectivity index is 1.64. The normalized spacial score (nSPS) is 27.9. The quantitative estimate of drug-likeness (QED) is 0.832. The van der Waals surface area contributed by atoms with E-state index in [1.165, 1.54) is 45.2 Å². The molecule has 3 nitrogen and oxygen atoms in total. The highest BCUT2D eigenvalue weighted by Gasteiger charge is 2.30. The molecule has 88 valence electrons. The van der Waals surface area contributed by atoms with E-state index in [4.69, 9.17) is 0 Å². The molecule has 2 heterocycles. The van der Waals surface area contributed by atoms with Crippen molar-refractivity contribution in [3.8, 4) is 0 Å². The number of likely N-dealkylation sites (tertiary alicyclic amines) is 1. The Hall–Kier alpha value is -0.350. The van der Waals surface area contributed by atoms with Crippen LogP contribution in [0.25, 0.3) is 0 Å². The van der Waals surface area contributed by atoms with Gasteiger partial charge in [-0.2, -0.15) is 5.10 Å². The van der Waals surface area contributed by atoms with Gasteiger partial charge < -0.3 is 0 Å². The molecule has 3 rings (SSSR count). The lowest BCUT2D eigenvalue weighted by atomic mass is 10.2. The lowest BCUT2D eigenvalue weighted by Gasteiger charge is -2.23. The standard InChI is InChI=1S/C12H18BrN3/c13-10-7-14-16(8-10)12-5-6-15(9-12)11-3-1-2-4-11/h7-8,11-12H,1-6,9H2. The van der Waals surface area contributed by atoms with Crippen molar-refractivity contribution in [2.45, 2.75) is 44.2 Å². The minimum absolute atomic E-state index is 0.590. The maximum Gasteiger partial charge on any atom is 0.0658 e. The van der Waals surface area contributed by atoms with Crippen LogP contribution in [0.5, 0.6) is 0 Å². The van der Waals surface area contributed by atoms with Crippen molar-refractivity contribution in [3.05, 3.63) is 16.9 Å². The molecule has 1 unspecified atom stereocenters. The van der Waals surface area contributed by atoms with Crippen LogP contribution in [0.4, 0.5) is 0 Å². The Labute approximate surface area is 105 Å². The Kier molecular flexibility index (Phi) is 3.03. The van der Waals surface area contributed by atoms with Gasteiger partial charge in [0.1, 0.15) is 0 Å². The van der Waals surface area contributed by atoms with Gasteiger partial charge in [-0.25, -0.2) is 0 Å². The van der Waals surface area contributed by atoms with E-state index in [-0.39, 0.29) is 0 Å². The number of halogens is 1. The molecule has 4 heteroatoms. The molecule has 0 spiro atoms. The molecule has 0 aromatic carbocycles. The minimum Gasteiger partial charge on any atom is -0.298 e. The summed E-state index contributed by atoms with van der Waals surface area (Å²) < 4.78 is 3.21. The summed E-state index contributed by atoms with van der Waals surface area (Å²) in [6.07, 6.45) is 10.9. The molecule has 0 amide bonds. The summed E-state index contributed by atoms with van der Waals surface area (Å²) in [5.74, 6) is 0. The number of hydrogen-bond acceptors (Lipinski definition) is 2. The Morgan fingerprint density at radius 1 is 1.19 bits per heavy atom. The van der Waals surface area contributed by atoms with Crippen molar-refractivity contribution >= 4 is 15.9 Å². The summed E-state index contributed by atoms with van der Waals surface area (Å²) in [6, 6.07) is 1.45. The molecular formula is C12H18BrN3. The molecule has 1 aromatic rings. The lowest BCUT2D eigenvalue weighted by Crippen LogP contribution is -2.31. The largest absolute Gasteiger partial charge is 0.298 e. The van der Waals surface area contributed by atoms with Crippen LogP contribution < -0.4 is 0 Å². The summed E-state index contributed by atoms with van der Waals surface area (Å²) in [4.78, 5) is 2.67. The first-order chi connectivity index (χ1) is 7.83. The molecule has 2 fully saturated rings. The summed E-state index contributed by atoms with van der Waals surface area (Å²) in [6.45, 7) is 2.45. The van der Waals surface area contributed by atoms with Crippen molar-refractivity contribution in [3.63, 3.8) is 0 Å². The van der Waals surface area contributed by atoms with E-state index in [1.807, 2.05) is 6.20 Å². The third-order valence-corrected chi connectivity index (χ3v) is 4.39. The van der Waals surface area contributed by atoms with Crippen molar-refractivity contribution in [2.75, 3.05) is 13.1 Å². The Morgan fingerprint density at radius 2 is 2.00 bits per heavy atom. The van der Waals surface area contributed by atoms with Crippen LogP contribution in [0.1, 0.15) is 38.1 Å². The first-order valence-corrected chi connectivity index (χ1v) is 7.06. The van der Waals surface area contributed by atoms with Gasteiger partial charge in [-0.05, 0) is 35.2 Å².